The Balaban J connectivity index is 2.26. The summed E-state index contributed by atoms with van der Waals surface area (Å²) in [7, 11) is 1.54. The van der Waals surface area contributed by atoms with Gasteiger partial charge in [-0.15, -0.1) is 0 Å². The molecule has 28 heavy (non-hydrogen) atoms. The number of anilines is 1. The summed E-state index contributed by atoms with van der Waals surface area (Å²) in [6, 6.07) is 10.1. The number of nitrogens with zero attached hydrogens (tertiary/aromatic N) is 2. The molecule has 1 amide bonds. The van der Waals surface area contributed by atoms with Crippen LogP contribution in [0.15, 0.2) is 42.6 Å². The van der Waals surface area contributed by atoms with Crippen LogP contribution in [0.3, 0.4) is 0 Å². The zero-order valence-electron chi connectivity index (χ0n) is 16.4. The summed E-state index contributed by atoms with van der Waals surface area (Å²) in [5, 5.41) is 2.98. The van der Waals surface area contributed by atoms with E-state index in [0.717, 1.165) is 12.0 Å². The van der Waals surface area contributed by atoms with Crippen molar-refractivity contribution in [1.29, 1.82) is 0 Å². The normalized spacial score (nSPS) is 12.9. The maximum absolute atomic E-state index is 12.9. The van der Waals surface area contributed by atoms with Crippen LogP contribution in [0.25, 0.3) is 0 Å². The molecule has 0 saturated heterocycles. The van der Waals surface area contributed by atoms with Gasteiger partial charge in [-0.1, -0.05) is 38.5 Å². The van der Waals surface area contributed by atoms with Gasteiger partial charge in [-0.3, -0.25) is 9.00 Å². The number of rotatable bonds is 10. The zero-order chi connectivity index (χ0) is 20.5. The van der Waals surface area contributed by atoms with Crippen LogP contribution in [0.1, 0.15) is 55.1 Å². The molecule has 1 heterocycles. The standard InChI is InChI=1S/C20H27N3O4S/c1-4-6-13-23(28(25)26)18-10-8-7-9-16(18)20(24)22-17(5-2)15-11-12-19(27-3)21-14-15/h7-12,14,17H,4-6,13H2,1-3H3,(H,22,24)(H,25,26)/p-1. The van der Waals surface area contributed by atoms with Gasteiger partial charge >= 0.3 is 0 Å². The van der Waals surface area contributed by atoms with E-state index in [9.17, 15) is 13.6 Å². The Morgan fingerprint density at radius 2 is 2.04 bits per heavy atom. The summed E-state index contributed by atoms with van der Waals surface area (Å²) in [5.41, 5.74) is 1.55. The number of pyridine rings is 1. The monoisotopic (exact) mass is 404 g/mol. The minimum Gasteiger partial charge on any atom is -0.755 e. The lowest BCUT2D eigenvalue weighted by atomic mass is 10.1. The lowest BCUT2D eigenvalue weighted by Crippen LogP contribution is -2.32. The summed E-state index contributed by atoms with van der Waals surface area (Å²) in [4.78, 5) is 17.1. The molecular weight excluding hydrogens is 378 g/mol. The smallest absolute Gasteiger partial charge is 0.253 e. The predicted molar refractivity (Wildman–Crippen MR) is 109 cm³/mol. The van der Waals surface area contributed by atoms with Gasteiger partial charge in [0, 0.05) is 30.1 Å². The first-order valence-corrected chi connectivity index (χ1v) is 10.3. The van der Waals surface area contributed by atoms with Gasteiger partial charge in [-0.05, 0) is 30.5 Å². The van der Waals surface area contributed by atoms with Crippen molar-refractivity contribution in [3.05, 3.63) is 53.7 Å². The summed E-state index contributed by atoms with van der Waals surface area (Å²) in [6.07, 6.45) is 3.89. The molecule has 1 N–H and O–H groups in total. The number of amides is 1. The molecule has 2 rings (SSSR count). The van der Waals surface area contributed by atoms with Crippen molar-refractivity contribution in [3.63, 3.8) is 0 Å². The average molecular weight is 405 g/mol. The van der Waals surface area contributed by atoms with Crippen molar-refractivity contribution in [3.8, 4) is 5.88 Å². The van der Waals surface area contributed by atoms with Gasteiger partial charge in [0.05, 0.1) is 24.4 Å². The highest BCUT2D eigenvalue weighted by atomic mass is 32.2. The molecule has 0 aliphatic rings. The van der Waals surface area contributed by atoms with Crippen molar-refractivity contribution < 1.29 is 18.3 Å². The van der Waals surface area contributed by atoms with E-state index in [0.29, 0.717) is 36.5 Å². The number of hydrogen-bond acceptors (Lipinski definition) is 5. The molecule has 0 saturated carbocycles. The maximum Gasteiger partial charge on any atom is 0.253 e. The summed E-state index contributed by atoms with van der Waals surface area (Å²) in [5.74, 6) is 0.171. The highest BCUT2D eigenvalue weighted by Gasteiger charge is 2.20. The summed E-state index contributed by atoms with van der Waals surface area (Å²) in [6.45, 7) is 4.27. The van der Waals surface area contributed by atoms with Gasteiger partial charge in [0.2, 0.25) is 5.88 Å². The number of unbranched alkanes of at least 4 members (excludes halogenated alkanes) is 1. The second-order valence-corrected chi connectivity index (χ2v) is 7.13. The number of aromatic nitrogens is 1. The van der Waals surface area contributed by atoms with E-state index in [1.807, 2.05) is 19.9 Å². The van der Waals surface area contributed by atoms with E-state index in [-0.39, 0.29) is 11.9 Å². The second-order valence-electron chi connectivity index (χ2n) is 6.26. The van der Waals surface area contributed by atoms with Crippen LogP contribution in [0.5, 0.6) is 5.88 Å². The van der Waals surface area contributed by atoms with Crippen LogP contribution in [-0.4, -0.2) is 33.3 Å². The number of methoxy groups -OCH3 is 1. The fraction of sp³-hybridized carbons (Fsp3) is 0.400. The fourth-order valence-corrected chi connectivity index (χ4v) is 3.43. The van der Waals surface area contributed by atoms with E-state index in [1.165, 1.54) is 4.31 Å². The summed E-state index contributed by atoms with van der Waals surface area (Å²) >= 11 is -2.46. The Kier molecular flexibility index (Phi) is 8.41. The Morgan fingerprint density at radius 3 is 2.61 bits per heavy atom. The van der Waals surface area contributed by atoms with Crippen molar-refractivity contribution >= 4 is 22.9 Å². The van der Waals surface area contributed by atoms with Crippen LogP contribution in [0.2, 0.25) is 0 Å². The Morgan fingerprint density at radius 1 is 1.29 bits per heavy atom. The molecule has 1 aromatic heterocycles. The predicted octanol–water partition coefficient (Wildman–Crippen LogP) is 3.37. The van der Waals surface area contributed by atoms with E-state index in [1.54, 1.807) is 43.6 Å². The molecule has 0 aliphatic carbocycles. The molecule has 2 unspecified atom stereocenters. The Hall–Kier alpha value is -2.45. The maximum atomic E-state index is 12.9. The fourth-order valence-electron chi connectivity index (χ4n) is 2.84. The first-order valence-electron chi connectivity index (χ1n) is 9.28. The average Bonchev–Trinajstić information content (AvgIpc) is 2.72. The molecule has 2 aromatic rings. The SMILES string of the molecule is CCCCN(c1ccccc1C(=O)NC(CC)c1ccc(OC)nc1)S(=O)[O-]. The van der Waals surface area contributed by atoms with E-state index in [2.05, 4.69) is 10.3 Å². The van der Waals surface area contributed by atoms with Crippen LogP contribution >= 0.6 is 0 Å². The minimum atomic E-state index is -2.46. The van der Waals surface area contributed by atoms with E-state index < -0.39 is 11.3 Å². The van der Waals surface area contributed by atoms with Crippen molar-refractivity contribution in [1.82, 2.24) is 10.3 Å². The number of carbonyl (C=O) groups is 1. The van der Waals surface area contributed by atoms with Crippen molar-refractivity contribution in [2.45, 2.75) is 39.2 Å². The molecule has 152 valence electrons. The molecule has 7 nitrogen and oxygen atoms in total. The van der Waals surface area contributed by atoms with Gasteiger partial charge < -0.3 is 18.9 Å². The number of hydrogen-bond donors (Lipinski definition) is 1. The number of para-hydroxylation sites is 1. The minimum absolute atomic E-state index is 0.249. The van der Waals surface area contributed by atoms with Gasteiger partial charge in [0.15, 0.2) is 0 Å². The lowest BCUT2D eigenvalue weighted by molar-refractivity contribution is 0.0936. The lowest BCUT2D eigenvalue weighted by Gasteiger charge is -2.28. The van der Waals surface area contributed by atoms with Gasteiger partial charge in [-0.2, -0.15) is 0 Å². The van der Waals surface area contributed by atoms with Crippen LogP contribution in [0.4, 0.5) is 5.69 Å². The third kappa shape index (κ3) is 5.53. The number of nitrogens with one attached hydrogen (secondary N) is 1. The van der Waals surface area contributed by atoms with Gasteiger partial charge in [0.25, 0.3) is 5.91 Å². The third-order valence-corrected chi connectivity index (χ3v) is 5.14. The molecule has 8 heteroatoms. The quantitative estimate of drug-likeness (QED) is 0.613. The Labute approximate surface area is 168 Å². The van der Waals surface area contributed by atoms with Crippen LogP contribution in [0, 0.1) is 0 Å². The zero-order valence-corrected chi connectivity index (χ0v) is 17.2. The summed E-state index contributed by atoms with van der Waals surface area (Å²) < 4.78 is 29.7. The second kappa shape index (κ2) is 10.8. The number of benzene rings is 1. The first kappa shape index (κ1) is 21.8. The molecule has 0 fully saturated rings. The molecular formula is C20H26N3O4S-. The van der Waals surface area contributed by atoms with E-state index in [4.69, 9.17) is 4.74 Å². The number of carbonyl (C=O) groups excluding carboxylic acids is 1. The topological polar surface area (TPSA) is 94.6 Å². The van der Waals surface area contributed by atoms with Crippen LogP contribution in [-0.2, 0) is 11.3 Å². The van der Waals surface area contributed by atoms with Crippen molar-refractivity contribution in [2.75, 3.05) is 18.0 Å². The first-order chi connectivity index (χ1) is 13.5. The van der Waals surface area contributed by atoms with Gasteiger partial charge in [0.1, 0.15) is 0 Å². The van der Waals surface area contributed by atoms with Crippen LogP contribution < -0.4 is 14.4 Å². The molecule has 0 aliphatic heterocycles. The number of ether oxygens (including phenoxy) is 1. The molecule has 0 radical (unpaired) electrons. The molecule has 1 aromatic carbocycles. The van der Waals surface area contributed by atoms with E-state index >= 15 is 0 Å². The molecule has 2 atom stereocenters. The van der Waals surface area contributed by atoms with Crippen molar-refractivity contribution in [2.24, 2.45) is 0 Å². The van der Waals surface area contributed by atoms with Gasteiger partial charge in [-0.25, -0.2) is 4.98 Å². The highest BCUT2D eigenvalue weighted by molar-refractivity contribution is 7.80. The molecule has 0 spiro atoms. The Bertz CT molecular complexity index is 798. The largest absolute Gasteiger partial charge is 0.755 e. The third-order valence-electron chi connectivity index (χ3n) is 4.40. The molecule has 0 bridgehead atoms. The highest BCUT2D eigenvalue weighted by Crippen LogP contribution is 2.24.